The maximum Gasteiger partial charge on any atom is 0.270 e. The number of furan rings is 1. The Morgan fingerprint density at radius 3 is 2.52 bits per heavy atom. The van der Waals surface area contributed by atoms with Crippen LogP contribution in [0.4, 0.5) is 5.69 Å². The van der Waals surface area contributed by atoms with Gasteiger partial charge < -0.3 is 23.5 Å². The van der Waals surface area contributed by atoms with E-state index in [4.69, 9.17) is 9.15 Å². The summed E-state index contributed by atoms with van der Waals surface area (Å²) in [5.41, 5.74) is 4.86. The summed E-state index contributed by atoms with van der Waals surface area (Å²) in [5, 5.41) is 0. The third-order valence-corrected chi connectivity index (χ3v) is 6.42. The van der Waals surface area contributed by atoms with E-state index < -0.39 is 0 Å². The number of aromatic nitrogens is 1. The summed E-state index contributed by atoms with van der Waals surface area (Å²) in [6.45, 7) is 3.68. The number of aryl methyl sites for hydroxylation is 2. The van der Waals surface area contributed by atoms with Crippen molar-refractivity contribution in [2.75, 3.05) is 38.2 Å². The van der Waals surface area contributed by atoms with Crippen LogP contribution < -0.4 is 9.64 Å². The first-order valence-electron chi connectivity index (χ1n) is 11.5. The SMILES string of the molecule is COc1ccccc1N1CCN(C(=O)c2cc3occc3n2CCCc2ccccc2)CC1. The lowest BCUT2D eigenvalue weighted by Gasteiger charge is -2.36. The molecule has 0 saturated carbocycles. The third-order valence-electron chi connectivity index (χ3n) is 6.42. The second-order valence-electron chi connectivity index (χ2n) is 8.39. The van der Waals surface area contributed by atoms with Crippen molar-refractivity contribution < 1.29 is 13.9 Å². The Morgan fingerprint density at radius 1 is 0.970 bits per heavy atom. The van der Waals surface area contributed by atoms with E-state index in [-0.39, 0.29) is 5.91 Å². The predicted octanol–water partition coefficient (Wildman–Crippen LogP) is 4.84. The number of para-hydroxylation sites is 2. The number of ether oxygens (including phenoxy) is 1. The molecule has 0 N–H and O–H groups in total. The van der Waals surface area contributed by atoms with Crippen LogP contribution in [-0.4, -0.2) is 48.7 Å². The van der Waals surface area contributed by atoms with E-state index in [1.165, 1.54) is 5.56 Å². The van der Waals surface area contributed by atoms with E-state index in [0.29, 0.717) is 18.8 Å². The van der Waals surface area contributed by atoms with Crippen molar-refractivity contribution in [1.82, 2.24) is 9.47 Å². The number of piperazine rings is 1. The molecule has 1 saturated heterocycles. The van der Waals surface area contributed by atoms with E-state index in [9.17, 15) is 4.79 Å². The highest BCUT2D eigenvalue weighted by atomic mass is 16.5. The molecular formula is C27H29N3O3. The van der Waals surface area contributed by atoms with Crippen molar-refractivity contribution in [2.45, 2.75) is 19.4 Å². The predicted molar refractivity (Wildman–Crippen MR) is 130 cm³/mol. The summed E-state index contributed by atoms with van der Waals surface area (Å²) < 4.78 is 13.3. The number of hydrogen-bond donors (Lipinski definition) is 0. The molecule has 2 aromatic heterocycles. The fourth-order valence-electron chi connectivity index (χ4n) is 4.68. The van der Waals surface area contributed by atoms with Crippen molar-refractivity contribution in [3.05, 3.63) is 84.3 Å². The van der Waals surface area contributed by atoms with Crippen LogP contribution in [-0.2, 0) is 13.0 Å². The Balaban J connectivity index is 1.29. The number of nitrogens with zero attached hydrogens (tertiary/aromatic N) is 3. The summed E-state index contributed by atoms with van der Waals surface area (Å²) >= 11 is 0. The molecule has 0 bridgehead atoms. The van der Waals surface area contributed by atoms with Crippen LogP contribution in [0.5, 0.6) is 5.75 Å². The molecule has 1 aliphatic rings. The van der Waals surface area contributed by atoms with Crippen molar-refractivity contribution >= 4 is 22.7 Å². The number of benzene rings is 2. The zero-order chi connectivity index (χ0) is 22.6. The molecular weight excluding hydrogens is 414 g/mol. The molecule has 170 valence electrons. The molecule has 1 fully saturated rings. The summed E-state index contributed by atoms with van der Waals surface area (Å²) in [5.74, 6) is 0.936. The van der Waals surface area contributed by atoms with Gasteiger partial charge >= 0.3 is 0 Å². The molecule has 0 radical (unpaired) electrons. The van der Waals surface area contributed by atoms with E-state index in [2.05, 4.69) is 39.8 Å². The normalized spacial score (nSPS) is 14.1. The average Bonchev–Trinajstić information content (AvgIpc) is 3.47. The fourth-order valence-corrected chi connectivity index (χ4v) is 4.68. The van der Waals surface area contributed by atoms with Gasteiger partial charge in [0.15, 0.2) is 5.58 Å². The molecule has 6 heteroatoms. The van der Waals surface area contributed by atoms with E-state index in [1.54, 1.807) is 13.4 Å². The standard InChI is InChI=1S/C27H29N3O3/c1-32-25-12-6-5-11-22(25)28-15-17-29(18-16-28)27(31)24-20-26-23(13-19-33-26)30(24)14-7-10-21-8-3-2-4-9-21/h2-6,8-9,11-13,19-20H,7,10,14-18H2,1H3. The molecule has 4 aromatic rings. The van der Waals surface area contributed by atoms with Crippen LogP contribution >= 0.6 is 0 Å². The molecule has 0 aliphatic carbocycles. The van der Waals surface area contributed by atoms with Gasteiger partial charge in [-0.05, 0) is 30.5 Å². The third kappa shape index (κ3) is 4.33. The average molecular weight is 444 g/mol. The first kappa shape index (κ1) is 21.2. The zero-order valence-corrected chi connectivity index (χ0v) is 18.9. The highest BCUT2D eigenvalue weighted by molar-refractivity contribution is 5.97. The summed E-state index contributed by atoms with van der Waals surface area (Å²) in [6.07, 6.45) is 3.63. The van der Waals surface area contributed by atoms with Crippen LogP contribution in [0.25, 0.3) is 11.1 Å². The molecule has 6 nitrogen and oxygen atoms in total. The van der Waals surface area contributed by atoms with Crippen LogP contribution in [0.15, 0.2) is 77.4 Å². The summed E-state index contributed by atoms with van der Waals surface area (Å²) in [7, 11) is 1.69. The molecule has 0 spiro atoms. The highest BCUT2D eigenvalue weighted by Crippen LogP contribution is 2.29. The number of carbonyl (C=O) groups is 1. The molecule has 2 aromatic carbocycles. The van der Waals surface area contributed by atoms with Crippen molar-refractivity contribution in [3.8, 4) is 5.75 Å². The maximum absolute atomic E-state index is 13.5. The molecule has 3 heterocycles. The Labute approximate surface area is 194 Å². The van der Waals surface area contributed by atoms with Gasteiger partial charge in [-0.3, -0.25) is 4.79 Å². The van der Waals surface area contributed by atoms with Gasteiger partial charge in [0.1, 0.15) is 11.4 Å². The van der Waals surface area contributed by atoms with Gasteiger partial charge in [-0.2, -0.15) is 0 Å². The minimum atomic E-state index is 0.0702. The Kier molecular flexibility index (Phi) is 6.07. The smallest absolute Gasteiger partial charge is 0.270 e. The number of fused-ring (bicyclic) bond motifs is 1. The lowest BCUT2D eigenvalue weighted by atomic mass is 10.1. The summed E-state index contributed by atoms with van der Waals surface area (Å²) in [4.78, 5) is 17.7. The number of anilines is 1. The molecule has 1 aliphatic heterocycles. The summed E-state index contributed by atoms with van der Waals surface area (Å²) in [6, 6.07) is 22.4. The van der Waals surface area contributed by atoms with Crippen molar-refractivity contribution in [2.24, 2.45) is 0 Å². The minimum absolute atomic E-state index is 0.0702. The molecule has 0 atom stereocenters. The first-order valence-corrected chi connectivity index (χ1v) is 11.5. The first-order chi connectivity index (χ1) is 16.2. The number of hydrogen-bond acceptors (Lipinski definition) is 4. The quantitative estimate of drug-likeness (QED) is 0.410. The Morgan fingerprint density at radius 2 is 1.73 bits per heavy atom. The van der Waals surface area contributed by atoms with E-state index in [1.807, 2.05) is 41.3 Å². The van der Waals surface area contributed by atoms with Gasteiger partial charge in [-0.1, -0.05) is 42.5 Å². The van der Waals surface area contributed by atoms with Gasteiger partial charge in [0, 0.05) is 44.9 Å². The van der Waals surface area contributed by atoms with Crippen LogP contribution in [0.1, 0.15) is 22.5 Å². The van der Waals surface area contributed by atoms with Crippen molar-refractivity contribution in [1.29, 1.82) is 0 Å². The molecule has 1 amide bonds. The fraction of sp³-hybridized carbons (Fsp3) is 0.296. The number of amides is 1. The van der Waals surface area contributed by atoms with Crippen molar-refractivity contribution in [3.63, 3.8) is 0 Å². The lowest BCUT2D eigenvalue weighted by Crippen LogP contribution is -2.49. The van der Waals surface area contributed by atoms with Gasteiger partial charge in [0.05, 0.1) is 24.6 Å². The topological polar surface area (TPSA) is 50.9 Å². The number of methoxy groups -OCH3 is 1. The molecule has 5 rings (SSSR count). The highest BCUT2D eigenvalue weighted by Gasteiger charge is 2.27. The molecule has 0 unspecified atom stereocenters. The van der Waals surface area contributed by atoms with Gasteiger partial charge in [0.2, 0.25) is 0 Å². The minimum Gasteiger partial charge on any atom is -0.495 e. The molecule has 33 heavy (non-hydrogen) atoms. The Bertz CT molecular complexity index is 1220. The monoisotopic (exact) mass is 443 g/mol. The second-order valence-corrected chi connectivity index (χ2v) is 8.39. The second kappa shape index (κ2) is 9.45. The van der Waals surface area contributed by atoms with E-state index in [0.717, 1.165) is 55.0 Å². The number of rotatable bonds is 7. The van der Waals surface area contributed by atoms with Gasteiger partial charge in [-0.15, -0.1) is 0 Å². The van der Waals surface area contributed by atoms with Gasteiger partial charge in [-0.25, -0.2) is 0 Å². The van der Waals surface area contributed by atoms with Crippen LogP contribution in [0.2, 0.25) is 0 Å². The lowest BCUT2D eigenvalue weighted by molar-refractivity contribution is 0.0736. The maximum atomic E-state index is 13.5. The largest absolute Gasteiger partial charge is 0.495 e. The van der Waals surface area contributed by atoms with Crippen LogP contribution in [0.3, 0.4) is 0 Å². The van der Waals surface area contributed by atoms with Crippen LogP contribution in [0, 0.1) is 0 Å². The van der Waals surface area contributed by atoms with E-state index >= 15 is 0 Å². The zero-order valence-electron chi connectivity index (χ0n) is 18.9. The Hall–Kier alpha value is -3.67. The number of carbonyl (C=O) groups excluding carboxylic acids is 1. The van der Waals surface area contributed by atoms with Gasteiger partial charge in [0.25, 0.3) is 5.91 Å².